The van der Waals surface area contributed by atoms with Crippen molar-refractivity contribution in [2.75, 3.05) is 6.54 Å². The molecule has 2 nitrogen and oxygen atoms in total. The molecule has 0 saturated carbocycles. The van der Waals surface area contributed by atoms with Crippen LogP contribution in [0.3, 0.4) is 0 Å². The number of aromatic nitrogens is 1. The standard InChI is InChI=1S/C15H20N2S2/c1-3-7-16-9-13-10-19-15(17-13)11-18-14-6-4-5-12(2)8-14/h4-6,8,10,16H,3,7,9,11H2,1-2H3. The molecule has 0 aliphatic heterocycles. The van der Waals surface area contributed by atoms with E-state index in [0.717, 1.165) is 18.8 Å². The van der Waals surface area contributed by atoms with Crippen LogP contribution in [0, 0.1) is 6.92 Å². The summed E-state index contributed by atoms with van der Waals surface area (Å²) in [6.07, 6.45) is 1.17. The van der Waals surface area contributed by atoms with E-state index in [-0.39, 0.29) is 0 Å². The van der Waals surface area contributed by atoms with E-state index in [0.29, 0.717) is 0 Å². The van der Waals surface area contributed by atoms with Gasteiger partial charge in [-0.05, 0) is 32.0 Å². The maximum atomic E-state index is 4.65. The molecule has 0 fully saturated rings. The van der Waals surface area contributed by atoms with Crippen LogP contribution in [0.5, 0.6) is 0 Å². The molecule has 0 radical (unpaired) electrons. The molecule has 0 saturated heterocycles. The van der Waals surface area contributed by atoms with Gasteiger partial charge in [0.05, 0.1) is 11.4 Å². The Morgan fingerprint density at radius 3 is 3.05 bits per heavy atom. The van der Waals surface area contributed by atoms with Crippen molar-refractivity contribution in [3.05, 3.63) is 45.9 Å². The number of benzene rings is 1. The smallest absolute Gasteiger partial charge is 0.103 e. The van der Waals surface area contributed by atoms with E-state index in [1.807, 2.05) is 11.8 Å². The third kappa shape index (κ3) is 4.97. The minimum atomic E-state index is 0.888. The number of aryl methyl sites for hydroxylation is 1. The fraction of sp³-hybridized carbons (Fsp3) is 0.400. The van der Waals surface area contributed by atoms with Gasteiger partial charge in [0.1, 0.15) is 5.01 Å². The third-order valence-corrected chi connectivity index (χ3v) is 4.77. The van der Waals surface area contributed by atoms with Gasteiger partial charge in [0, 0.05) is 16.8 Å². The van der Waals surface area contributed by atoms with Crippen molar-refractivity contribution in [2.45, 2.75) is 37.5 Å². The van der Waals surface area contributed by atoms with Gasteiger partial charge in [-0.2, -0.15) is 0 Å². The quantitative estimate of drug-likeness (QED) is 0.610. The van der Waals surface area contributed by atoms with Crippen LogP contribution < -0.4 is 5.32 Å². The SMILES string of the molecule is CCCNCc1csc(CSc2cccc(C)c2)n1. The molecule has 0 amide bonds. The van der Waals surface area contributed by atoms with E-state index in [1.165, 1.54) is 27.6 Å². The van der Waals surface area contributed by atoms with E-state index >= 15 is 0 Å². The zero-order valence-electron chi connectivity index (χ0n) is 11.5. The van der Waals surface area contributed by atoms with Crippen molar-refractivity contribution in [1.29, 1.82) is 0 Å². The Morgan fingerprint density at radius 1 is 1.37 bits per heavy atom. The van der Waals surface area contributed by atoms with E-state index in [4.69, 9.17) is 0 Å². The van der Waals surface area contributed by atoms with E-state index in [9.17, 15) is 0 Å². The lowest BCUT2D eigenvalue weighted by Crippen LogP contribution is -2.13. The molecule has 0 atom stereocenters. The molecule has 1 aromatic heterocycles. The van der Waals surface area contributed by atoms with E-state index < -0.39 is 0 Å². The molecule has 0 unspecified atom stereocenters. The van der Waals surface area contributed by atoms with Gasteiger partial charge in [-0.3, -0.25) is 0 Å². The van der Waals surface area contributed by atoms with E-state index in [2.05, 4.69) is 53.8 Å². The van der Waals surface area contributed by atoms with Crippen LogP contribution in [0.1, 0.15) is 29.6 Å². The molecule has 0 aliphatic carbocycles. The Bertz CT molecular complexity index is 508. The summed E-state index contributed by atoms with van der Waals surface area (Å²) in [7, 11) is 0. The first-order valence-corrected chi connectivity index (χ1v) is 8.48. The first kappa shape index (κ1) is 14.6. The van der Waals surface area contributed by atoms with Crippen molar-refractivity contribution < 1.29 is 0 Å². The average molecular weight is 292 g/mol. The van der Waals surface area contributed by atoms with Gasteiger partial charge in [-0.15, -0.1) is 23.1 Å². The lowest BCUT2D eigenvalue weighted by molar-refractivity contribution is 0.666. The van der Waals surface area contributed by atoms with Crippen LogP contribution in [0.15, 0.2) is 34.5 Å². The maximum absolute atomic E-state index is 4.65. The van der Waals surface area contributed by atoms with Gasteiger partial charge >= 0.3 is 0 Å². The highest BCUT2D eigenvalue weighted by molar-refractivity contribution is 7.98. The highest BCUT2D eigenvalue weighted by Crippen LogP contribution is 2.25. The van der Waals surface area contributed by atoms with Crippen molar-refractivity contribution >= 4 is 23.1 Å². The second-order valence-electron chi connectivity index (χ2n) is 4.51. The summed E-state index contributed by atoms with van der Waals surface area (Å²) in [6, 6.07) is 8.63. The topological polar surface area (TPSA) is 24.9 Å². The molecule has 1 heterocycles. The van der Waals surface area contributed by atoms with Gasteiger partial charge in [-0.25, -0.2) is 4.98 Å². The van der Waals surface area contributed by atoms with Crippen molar-refractivity contribution in [2.24, 2.45) is 0 Å². The van der Waals surface area contributed by atoms with Gasteiger partial charge in [0.15, 0.2) is 0 Å². The number of thioether (sulfide) groups is 1. The zero-order valence-corrected chi connectivity index (χ0v) is 13.1. The zero-order chi connectivity index (χ0) is 13.5. The number of nitrogens with one attached hydrogen (secondary N) is 1. The molecule has 4 heteroatoms. The van der Waals surface area contributed by atoms with Crippen molar-refractivity contribution in [3.8, 4) is 0 Å². The van der Waals surface area contributed by atoms with Gasteiger partial charge in [0.25, 0.3) is 0 Å². The fourth-order valence-corrected chi connectivity index (χ4v) is 3.57. The lowest BCUT2D eigenvalue weighted by atomic mass is 10.2. The maximum Gasteiger partial charge on any atom is 0.103 e. The van der Waals surface area contributed by atoms with Gasteiger partial charge in [0.2, 0.25) is 0 Å². The summed E-state index contributed by atoms with van der Waals surface area (Å²) < 4.78 is 0. The Balaban J connectivity index is 1.83. The van der Waals surface area contributed by atoms with Crippen LogP contribution in [-0.2, 0) is 12.3 Å². The molecule has 0 aliphatic rings. The van der Waals surface area contributed by atoms with Gasteiger partial charge in [-0.1, -0.05) is 24.6 Å². The molecular weight excluding hydrogens is 272 g/mol. The Labute approximate surface area is 123 Å². The second kappa shape index (κ2) is 7.68. The first-order chi connectivity index (χ1) is 9.28. The average Bonchev–Trinajstić information content (AvgIpc) is 2.85. The largest absolute Gasteiger partial charge is 0.311 e. The molecule has 0 bridgehead atoms. The fourth-order valence-electron chi connectivity index (χ4n) is 1.74. The monoisotopic (exact) mass is 292 g/mol. The number of nitrogens with zero attached hydrogens (tertiary/aromatic N) is 1. The minimum absolute atomic E-state index is 0.888. The Morgan fingerprint density at radius 2 is 2.26 bits per heavy atom. The van der Waals surface area contributed by atoms with Crippen LogP contribution >= 0.6 is 23.1 Å². The predicted octanol–water partition coefficient (Wildman–Crippen LogP) is 4.24. The van der Waals surface area contributed by atoms with Crippen molar-refractivity contribution in [1.82, 2.24) is 10.3 Å². The van der Waals surface area contributed by atoms with Crippen LogP contribution in [0.4, 0.5) is 0 Å². The van der Waals surface area contributed by atoms with Crippen molar-refractivity contribution in [3.63, 3.8) is 0 Å². The highest BCUT2D eigenvalue weighted by Gasteiger charge is 2.03. The van der Waals surface area contributed by atoms with Crippen LogP contribution in [-0.4, -0.2) is 11.5 Å². The molecule has 19 heavy (non-hydrogen) atoms. The summed E-state index contributed by atoms with van der Waals surface area (Å²) in [5.74, 6) is 0.960. The Kier molecular flexibility index (Phi) is 5.89. The predicted molar refractivity (Wildman–Crippen MR) is 84.9 cm³/mol. The first-order valence-electron chi connectivity index (χ1n) is 6.61. The summed E-state index contributed by atoms with van der Waals surface area (Å²) in [6.45, 7) is 6.26. The molecule has 0 spiro atoms. The van der Waals surface area contributed by atoms with Crippen LogP contribution in [0.25, 0.3) is 0 Å². The molecular formula is C15H20N2S2. The Hall–Kier alpha value is -0.840. The molecule has 2 aromatic rings. The van der Waals surface area contributed by atoms with Gasteiger partial charge < -0.3 is 5.32 Å². The molecule has 1 N–H and O–H groups in total. The third-order valence-electron chi connectivity index (χ3n) is 2.68. The summed E-state index contributed by atoms with van der Waals surface area (Å²) >= 11 is 3.62. The number of hydrogen-bond donors (Lipinski definition) is 1. The second-order valence-corrected chi connectivity index (χ2v) is 6.51. The molecule has 102 valence electrons. The normalized spacial score (nSPS) is 10.8. The van der Waals surface area contributed by atoms with E-state index in [1.54, 1.807) is 11.3 Å². The summed E-state index contributed by atoms with van der Waals surface area (Å²) in [4.78, 5) is 5.97. The number of rotatable bonds is 7. The number of thiazole rings is 1. The minimum Gasteiger partial charge on any atom is -0.311 e. The lowest BCUT2D eigenvalue weighted by Gasteiger charge is -2.00. The van der Waals surface area contributed by atoms with Crippen LogP contribution in [0.2, 0.25) is 0 Å². The summed E-state index contributed by atoms with van der Waals surface area (Å²) in [5.41, 5.74) is 2.48. The number of hydrogen-bond acceptors (Lipinski definition) is 4. The highest BCUT2D eigenvalue weighted by atomic mass is 32.2. The summed E-state index contributed by atoms with van der Waals surface area (Å²) in [5, 5.41) is 6.75. The molecule has 1 aromatic carbocycles. The molecule has 2 rings (SSSR count).